The highest BCUT2D eigenvalue weighted by Crippen LogP contribution is 2.69. The smallest absolute Gasteiger partial charge is 0.186 e. The van der Waals surface area contributed by atoms with Gasteiger partial charge in [0, 0.05) is 12.0 Å². The number of hydrogen-bond acceptors (Lipinski definition) is 9. The summed E-state index contributed by atoms with van der Waals surface area (Å²) in [4.78, 5) is 0. The molecule has 1 saturated heterocycles. The van der Waals surface area contributed by atoms with E-state index in [0.717, 1.165) is 38.5 Å². The van der Waals surface area contributed by atoms with Crippen LogP contribution in [0.1, 0.15) is 91.9 Å². The molecule has 5 rings (SSSR count). The highest BCUT2D eigenvalue weighted by atomic mass is 16.7. The van der Waals surface area contributed by atoms with Crippen molar-refractivity contribution in [2.24, 2.45) is 52.3 Å². The molecule has 42 heavy (non-hydrogen) atoms. The van der Waals surface area contributed by atoms with Gasteiger partial charge in [-0.15, -0.1) is 0 Å². The summed E-state index contributed by atoms with van der Waals surface area (Å²) in [6.07, 6.45) is 0.709. The van der Waals surface area contributed by atoms with Crippen molar-refractivity contribution in [2.45, 2.75) is 141 Å². The highest BCUT2D eigenvalue weighted by molar-refractivity contribution is 5.14. The molecule has 7 N–H and O–H groups in total. The van der Waals surface area contributed by atoms with Gasteiger partial charge in [0.15, 0.2) is 6.29 Å². The van der Waals surface area contributed by atoms with Crippen LogP contribution in [0.15, 0.2) is 0 Å². The average Bonchev–Trinajstić information content (AvgIpc) is 3.31. The van der Waals surface area contributed by atoms with E-state index in [0.29, 0.717) is 31.6 Å². The molecule has 4 aliphatic carbocycles. The van der Waals surface area contributed by atoms with Crippen molar-refractivity contribution in [3.05, 3.63) is 0 Å². The number of aliphatic hydroxyl groups is 7. The number of hydrogen-bond donors (Lipinski definition) is 7. The van der Waals surface area contributed by atoms with Crippen molar-refractivity contribution in [1.82, 2.24) is 0 Å². The van der Waals surface area contributed by atoms with Crippen LogP contribution in [0.4, 0.5) is 0 Å². The molecule has 9 nitrogen and oxygen atoms in total. The van der Waals surface area contributed by atoms with Gasteiger partial charge in [-0.05, 0) is 98.2 Å². The lowest BCUT2D eigenvalue weighted by Crippen LogP contribution is -2.64. The van der Waals surface area contributed by atoms with Crippen molar-refractivity contribution in [1.29, 1.82) is 0 Å². The summed E-state index contributed by atoms with van der Waals surface area (Å²) < 4.78 is 12.6. The lowest BCUT2D eigenvalue weighted by atomic mass is 9.43. The van der Waals surface area contributed by atoms with Crippen LogP contribution in [0.3, 0.4) is 0 Å². The van der Waals surface area contributed by atoms with Crippen molar-refractivity contribution in [3.8, 4) is 0 Å². The predicted octanol–water partition coefficient (Wildman–Crippen LogP) is 2.21. The van der Waals surface area contributed by atoms with E-state index in [1.54, 1.807) is 0 Å². The summed E-state index contributed by atoms with van der Waals surface area (Å²) >= 11 is 0. The number of ether oxygens (including phenoxy) is 2. The molecule has 1 aliphatic heterocycles. The van der Waals surface area contributed by atoms with Crippen LogP contribution in [0.5, 0.6) is 0 Å². The summed E-state index contributed by atoms with van der Waals surface area (Å²) in [5.74, 6) is 1.69. The van der Waals surface area contributed by atoms with Gasteiger partial charge >= 0.3 is 0 Å². The van der Waals surface area contributed by atoms with Gasteiger partial charge in [0.1, 0.15) is 24.4 Å². The summed E-state index contributed by atoms with van der Waals surface area (Å²) in [6.45, 7) is 8.60. The largest absolute Gasteiger partial charge is 0.396 e. The Bertz CT molecular complexity index is 901. The molecule has 0 radical (unpaired) electrons. The molecule has 244 valence electrons. The molecular formula is C33H58O9. The van der Waals surface area contributed by atoms with Crippen LogP contribution in [0.2, 0.25) is 0 Å². The maximum Gasteiger partial charge on any atom is 0.186 e. The predicted molar refractivity (Wildman–Crippen MR) is 156 cm³/mol. The average molecular weight is 599 g/mol. The van der Waals surface area contributed by atoms with Gasteiger partial charge in [0.2, 0.25) is 0 Å². The molecule has 9 heteroatoms. The second kappa shape index (κ2) is 12.8. The van der Waals surface area contributed by atoms with Crippen molar-refractivity contribution in [3.63, 3.8) is 0 Å². The van der Waals surface area contributed by atoms with E-state index in [-0.39, 0.29) is 59.0 Å². The molecule has 5 aliphatic rings. The first kappa shape index (κ1) is 33.0. The fraction of sp³-hybridized carbons (Fsp3) is 1.00. The highest BCUT2D eigenvalue weighted by Gasteiger charge is 2.66. The Morgan fingerprint density at radius 1 is 0.833 bits per heavy atom. The molecule has 0 spiro atoms. The first-order valence-electron chi connectivity index (χ1n) is 16.8. The molecular weight excluding hydrogens is 540 g/mol. The molecule has 0 bridgehead atoms. The fourth-order valence-electron chi connectivity index (χ4n) is 10.8. The van der Waals surface area contributed by atoms with Crippen LogP contribution in [0, 0.1) is 52.3 Å². The lowest BCUT2D eigenvalue weighted by Gasteiger charge is -2.64. The van der Waals surface area contributed by atoms with E-state index in [2.05, 4.69) is 27.7 Å². The fourth-order valence-corrected chi connectivity index (χ4v) is 10.8. The maximum atomic E-state index is 11.5. The van der Waals surface area contributed by atoms with Gasteiger partial charge in [-0.25, -0.2) is 0 Å². The molecule has 0 amide bonds. The molecule has 0 unspecified atom stereocenters. The molecule has 1 heterocycles. The van der Waals surface area contributed by atoms with Crippen LogP contribution < -0.4 is 0 Å². The summed E-state index contributed by atoms with van der Waals surface area (Å²) in [6, 6.07) is 0. The molecule has 0 aromatic rings. The third-order valence-corrected chi connectivity index (χ3v) is 13.1. The topological polar surface area (TPSA) is 160 Å². The normalized spacial score (nSPS) is 51.6. The SMILES string of the molecule is CC(C)CCC[C@@H](CO)[C@H]1CC[C@H]2[C@@H]3C[C@@H](O)[C@H]4C[C@H](O)CC[C@]4(C)[C@H]3C[C@@H](O[C@@H]3O[C@H](CO)[C@@H](O)[C@H](O)[C@H]3O)[C@]12C. The second-order valence-electron chi connectivity index (χ2n) is 15.6. The zero-order valence-electron chi connectivity index (χ0n) is 26.1. The lowest BCUT2D eigenvalue weighted by molar-refractivity contribution is -0.333. The van der Waals surface area contributed by atoms with Crippen molar-refractivity contribution >= 4 is 0 Å². The number of fused-ring (bicyclic) bond motifs is 5. The van der Waals surface area contributed by atoms with Crippen LogP contribution in [0.25, 0.3) is 0 Å². The minimum absolute atomic E-state index is 0.0122. The second-order valence-corrected chi connectivity index (χ2v) is 15.6. The minimum Gasteiger partial charge on any atom is -0.396 e. The number of aliphatic hydroxyl groups excluding tert-OH is 7. The summed E-state index contributed by atoms with van der Waals surface area (Å²) in [5, 5.41) is 74.4. The van der Waals surface area contributed by atoms with Gasteiger partial charge in [0.05, 0.1) is 24.9 Å². The van der Waals surface area contributed by atoms with E-state index in [9.17, 15) is 35.7 Å². The Kier molecular flexibility index (Phi) is 10.1. The molecule has 4 saturated carbocycles. The van der Waals surface area contributed by atoms with E-state index in [1.165, 1.54) is 0 Å². The third kappa shape index (κ3) is 5.62. The summed E-state index contributed by atoms with van der Waals surface area (Å²) in [5.41, 5.74) is -0.520. The first-order chi connectivity index (χ1) is 19.9. The van der Waals surface area contributed by atoms with Crippen molar-refractivity contribution in [2.75, 3.05) is 13.2 Å². The monoisotopic (exact) mass is 598 g/mol. The van der Waals surface area contributed by atoms with Gasteiger partial charge in [-0.1, -0.05) is 40.5 Å². The Hall–Kier alpha value is -0.360. The van der Waals surface area contributed by atoms with E-state index >= 15 is 0 Å². The standard InChI is InChI=1S/C33H58O9/c1-17(2)6-5-7-18(15-34)21-8-9-22-20-13-25(37)24-12-19(36)10-11-32(24,3)23(20)14-27(33(21,22)4)42-31-30(40)29(39)28(38)26(16-35)41-31/h17-31,34-40H,5-16H2,1-4H3/t18-,19+,20-,21+,22-,23-,24+,25+,26+,27+,28+,29-,30+,31-,32+,33+/m0/s1. The van der Waals surface area contributed by atoms with Crippen LogP contribution in [-0.2, 0) is 9.47 Å². The van der Waals surface area contributed by atoms with Crippen molar-refractivity contribution < 1.29 is 45.2 Å². The Labute approximate surface area is 251 Å². The first-order valence-corrected chi connectivity index (χ1v) is 16.8. The molecule has 0 aromatic heterocycles. The maximum absolute atomic E-state index is 11.5. The molecule has 5 fully saturated rings. The van der Waals surface area contributed by atoms with Crippen LogP contribution >= 0.6 is 0 Å². The van der Waals surface area contributed by atoms with E-state index < -0.39 is 49.5 Å². The zero-order chi connectivity index (χ0) is 30.6. The van der Waals surface area contributed by atoms with Gasteiger partial charge in [-0.2, -0.15) is 0 Å². The van der Waals surface area contributed by atoms with E-state index in [4.69, 9.17) is 9.47 Å². The van der Waals surface area contributed by atoms with Gasteiger partial charge in [-0.3, -0.25) is 0 Å². The molecule has 0 aromatic carbocycles. The zero-order valence-corrected chi connectivity index (χ0v) is 26.1. The van der Waals surface area contributed by atoms with E-state index in [1.807, 2.05) is 0 Å². The Balaban J connectivity index is 1.49. The Morgan fingerprint density at radius 3 is 2.24 bits per heavy atom. The summed E-state index contributed by atoms with van der Waals surface area (Å²) in [7, 11) is 0. The minimum atomic E-state index is -1.51. The quantitative estimate of drug-likeness (QED) is 0.198. The Morgan fingerprint density at radius 2 is 1.57 bits per heavy atom. The number of rotatable bonds is 9. The molecule has 16 atom stereocenters. The third-order valence-electron chi connectivity index (χ3n) is 13.1. The van der Waals surface area contributed by atoms with Gasteiger partial charge in [0.25, 0.3) is 0 Å². The van der Waals surface area contributed by atoms with Gasteiger partial charge < -0.3 is 45.2 Å². The van der Waals surface area contributed by atoms with Crippen LogP contribution in [-0.4, -0.2) is 98.0 Å².